The molecule has 3 heterocycles. The zero-order valence-corrected chi connectivity index (χ0v) is 12.7. The molecule has 0 amide bonds. The fraction of sp³-hybridized carbons (Fsp3) is 0.200. The molecule has 3 aromatic heterocycles. The normalized spacial score (nSPS) is 10.6. The van der Waals surface area contributed by atoms with E-state index >= 15 is 0 Å². The van der Waals surface area contributed by atoms with Gasteiger partial charge in [-0.05, 0) is 24.6 Å². The highest BCUT2D eigenvalue weighted by atomic mass is 35.5. The molecule has 0 spiro atoms. The van der Waals surface area contributed by atoms with Crippen molar-refractivity contribution < 1.29 is 4.74 Å². The molecule has 0 aliphatic heterocycles. The molecule has 0 aliphatic rings. The van der Waals surface area contributed by atoms with E-state index in [0.29, 0.717) is 24.1 Å². The number of pyridine rings is 2. The predicted octanol–water partition coefficient (Wildman–Crippen LogP) is 2.84. The summed E-state index contributed by atoms with van der Waals surface area (Å²) in [5.41, 5.74) is 2.71. The van der Waals surface area contributed by atoms with Crippen LogP contribution in [0.5, 0.6) is 5.88 Å². The first kappa shape index (κ1) is 14.5. The van der Waals surface area contributed by atoms with E-state index in [1.54, 1.807) is 29.6 Å². The first-order valence-electron chi connectivity index (χ1n) is 6.81. The molecule has 0 saturated heterocycles. The largest absolute Gasteiger partial charge is 0.478 e. The van der Waals surface area contributed by atoms with Gasteiger partial charge in [0.2, 0.25) is 5.88 Å². The Morgan fingerprint density at radius 3 is 2.82 bits per heavy atom. The molecule has 0 radical (unpaired) electrons. The molecule has 3 aromatic rings. The lowest BCUT2D eigenvalue weighted by molar-refractivity contribution is 0.328. The Balaban J connectivity index is 2.00. The van der Waals surface area contributed by atoms with Gasteiger partial charge in [-0.3, -0.25) is 4.98 Å². The lowest BCUT2D eigenvalue weighted by atomic mass is 10.1. The van der Waals surface area contributed by atoms with Crippen LogP contribution in [0.4, 0.5) is 0 Å². The van der Waals surface area contributed by atoms with Gasteiger partial charge in [0.15, 0.2) is 0 Å². The smallest absolute Gasteiger partial charge is 0.221 e. The maximum absolute atomic E-state index is 6.03. The number of aromatic nitrogens is 5. The van der Waals surface area contributed by atoms with Crippen molar-refractivity contribution in [2.75, 3.05) is 6.61 Å². The van der Waals surface area contributed by atoms with Crippen LogP contribution in [0.25, 0.3) is 11.1 Å². The van der Waals surface area contributed by atoms with Crippen LogP contribution in [-0.2, 0) is 6.54 Å². The summed E-state index contributed by atoms with van der Waals surface area (Å²) in [5, 5.41) is 4.67. The first-order chi connectivity index (χ1) is 10.8. The van der Waals surface area contributed by atoms with Gasteiger partial charge in [0, 0.05) is 29.7 Å². The average Bonchev–Trinajstić information content (AvgIpc) is 3.02. The lowest BCUT2D eigenvalue weighted by Crippen LogP contribution is -2.03. The second-order valence-corrected chi connectivity index (χ2v) is 5.05. The van der Waals surface area contributed by atoms with Crippen LogP contribution in [0, 0.1) is 0 Å². The molecular weight excluding hydrogens is 302 g/mol. The van der Waals surface area contributed by atoms with E-state index in [1.165, 1.54) is 6.33 Å². The maximum Gasteiger partial charge on any atom is 0.221 e. The van der Waals surface area contributed by atoms with Gasteiger partial charge in [0.25, 0.3) is 0 Å². The van der Waals surface area contributed by atoms with Gasteiger partial charge in [0.1, 0.15) is 12.7 Å². The second kappa shape index (κ2) is 6.53. The van der Waals surface area contributed by atoms with Gasteiger partial charge in [-0.1, -0.05) is 11.6 Å². The first-order valence-corrected chi connectivity index (χ1v) is 7.19. The SMILES string of the molecule is CCOc1ncc(Cn2cncn2)cc1-c1cncc(Cl)c1. The lowest BCUT2D eigenvalue weighted by Gasteiger charge is -2.11. The Morgan fingerprint density at radius 1 is 1.18 bits per heavy atom. The molecule has 0 unspecified atom stereocenters. The summed E-state index contributed by atoms with van der Waals surface area (Å²) in [6.07, 6.45) is 8.28. The summed E-state index contributed by atoms with van der Waals surface area (Å²) >= 11 is 6.03. The molecule has 0 bridgehead atoms. The Bertz CT molecular complexity index is 760. The van der Waals surface area contributed by atoms with Crippen molar-refractivity contribution in [2.45, 2.75) is 13.5 Å². The zero-order chi connectivity index (χ0) is 15.4. The number of nitrogens with zero attached hydrogens (tertiary/aromatic N) is 5. The van der Waals surface area contributed by atoms with Gasteiger partial charge < -0.3 is 4.74 Å². The monoisotopic (exact) mass is 315 g/mol. The third kappa shape index (κ3) is 3.23. The maximum atomic E-state index is 6.03. The molecule has 3 rings (SSSR count). The Hall–Kier alpha value is -2.47. The van der Waals surface area contributed by atoms with E-state index in [0.717, 1.165) is 16.7 Å². The van der Waals surface area contributed by atoms with Gasteiger partial charge in [0.05, 0.1) is 18.2 Å². The molecule has 112 valence electrons. The molecule has 6 nitrogen and oxygen atoms in total. The van der Waals surface area contributed by atoms with E-state index in [9.17, 15) is 0 Å². The molecule has 0 saturated carbocycles. The Labute approximate surface area is 132 Å². The molecule has 0 N–H and O–H groups in total. The number of ether oxygens (including phenoxy) is 1. The number of hydrogen-bond donors (Lipinski definition) is 0. The van der Waals surface area contributed by atoms with E-state index < -0.39 is 0 Å². The van der Waals surface area contributed by atoms with E-state index in [2.05, 4.69) is 20.1 Å². The third-order valence-corrected chi connectivity index (χ3v) is 3.22. The van der Waals surface area contributed by atoms with Gasteiger partial charge in [-0.15, -0.1) is 0 Å². The highest BCUT2D eigenvalue weighted by molar-refractivity contribution is 6.30. The summed E-state index contributed by atoms with van der Waals surface area (Å²) in [6.45, 7) is 3.04. The van der Waals surface area contributed by atoms with Gasteiger partial charge >= 0.3 is 0 Å². The van der Waals surface area contributed by atoms with Gasteiger partial charge in [-0.2, -0.15) is 5.10 Å². The highest BCUT2D eigenvalue weighted by Crippen LogP contribution is 2.30. The van der Waals surface area contributed by atoms with Crippen LogP contribution in [0.1, 0.15) is 12.5 Å². The summed E-state index contributed by atoms with van der Waals surface area (Å²) in [6, 6.07) is 3.85. The quantitative estimate of drug-likeness (QED) is 0.724. The van der Waals surface area contributed by atoms with Crippen molar-refractivity contribution in [2.24, 2.45) is 0 Å². The average molecular weight is 316 g/mol. The summed E-state index contributed by atoms with van der Waals surface area (Å²) in [7, 11) is 0. The topological polar surface area (TPSA) is 65.7 Å². The molecule has 0 aliphatic carbocycles. The minimum atomic E-state index is 0.538. The standard InChI is InChI=1S/C15H14ClN5O/c1-2-22-15-14(12-4-13(16)7-17-6-12)3-11(5-19-15)8-21-10-18-9-20-21/h3-7,9-10H,2,8H2,1H3. The predicted molar refractivity (Wildman–Crippen MR) is 82.8 cm³/mol. The van der Waals surface area contributed by atoms with Crippen molar-refractivity contribution in [3.63, 3.8) is 0 Å². The molecule has 0 aromatic carbocycles. The molecular formula is C15H14ClN5O. The van der Waals surface area contributed by atoms with Crippen LogP contribution in [0.15, 0.2) is 43.4 Å². The molecule has 0 atom stereocenters. The summed E-state index contributed by atoms with van der Waals surface area (Å²) in [5.74, 6) is 0.564. The fourth-order valence-electron chi connectivity index (χ4n) is 2.10. The van der Waals surface area contributed by atoms with Crippen LogP contribution >= 0.6 is 11.6 Å². The van der Waals surface area contributed by atoms with Crippen molar-refractivity contribution >= 4 is 11.6 Å². The minimum absolute atomic E-state index is 0.538. The van der Waals surface area contributed by atoms with Crippen molar-refractivity contribution in [3.8, 4) is 17.0 Å². The van der Waals surface area contributed by atoms with Crippen LogP contribution in [-0.4, -0.2) is 31.3 Å². The van der Waals surface area contributed by atoms with E-state index in [4.69, 9.17) is 16.3 Å². The molecule has 0 fully saturated rings. The zero-order valence-electron chi connectivity index (χ0n) is 12.0. The second-order valence-electron chi connectivity index (χ2n) is 4.61. The van der Waals surface area contributed by atoms with Crippen molar-refractivity contribution in [1.29, 1.82) is 0 Å². The van der Waals surface area contributed by atoms with Gasteiger partial charge in [-0.25, -0.2) is 14.6 Å². The van der Waals surface area contributed by atoms with Crippen LogP contribution in [0.2, 0.25) is 5.02 Å². The van der Waals surface area contributed by atoms with Crippen molar-refractivity contribution in [3.05, 3.63) is 54.0 Å². The number of hydrogen-bond acceptors (Lipinski definition) is 5. The Kier molecular flexibility index (Phi) is 4.29. The molecule has 22 heavy (non-hydrogen) atoms. The minimum Gasteiger partial charge on any atom is -0.478 e. The number of halogens is 1. The van der Waals surface area contributed by atoms with Crippen LogP contribution < -0.4 is 4.74 Å². The summed E-state index contributed by atoms with van der Waals surface area (Å²) < 4.78 is 7.34. The van der Waals surface area contributed by atoms with E-state index in [-0.39, 0.29) is 0 Å². The fourth-order valence-corrected chi connectivity index (χ4v) is 2.27. The highest BCUT2D eigenvalue weighted by Gasteiger charge is 2.11. The Morgan fingerprint density at radius 2 is 2.09 bits per heavy atom. The third-order valence-electron chi connectivity index (χ3n) is 3.02. The van der Waals surface area contributed by atoms with Crippen molar-refractivity contribution in [1.82, 2.24) is 24.7 Å². The molecule has 7 heteroatoms. The van der Waals surface area contributed by atoms with E-state index in [1.807, 2.05) is 19.1 Å². The van der Waals surface area contributed by atoms with Crippen LogP contribution in [0.3, 0.4) is 0 Å². The number of rotatable bonds is 5. The summed E-state index contributed by atoms with van der Waals surface area (Å²) in [4.78, 5) is 12.5.